The van der Waals surface area contributed by atoms with Crippen LogP contribution in [0.4, 0.5) is 18.9 Å². The Morgan fingerprint density at radius 1 is 1.09 bits per heavy atom. The molecule has 0 atom stereocenters. The first kappa shape index (κ1) is 17.4. The molecule has 0 aliphatic carbocycles. The minimum Gasteiger partial charge on any atom is -0.325 e. The summed E-state index contributed by atoms with van der Waals surface area (Å²) in [4.78, 5) is 12.5. The molecule has 0 saturated carbocycles. The van der Waals surface area contributed by atoms with Crippen LogP contribution in [0.5, 0.6) is 0 Å². The zero-order valence-electron chi connectivity index (χ0n) is 12.5. The molecule has 0 aromatic heterocycles. The average Bonchev–Trinajstić information content (AvgIpc) is 2.48. The van der Waals surface area contributed by atoms with Gasteiger partial charge in [-0.15, -0.1) is 11.8 Å². The fourth-order valence-corrected chi connectivity index (χ4v) is 2.71. The van der Waals surface area contributed by atoms with Crippen molar-refractivity contribution in [2.75, 3.05) is 11.1 Å². The molecule has 6 heteroatoms. The molecule has 23 heavy (non-hydrogen) atoms. The van der Waals surface area contributed by atoms with Gasteiger partial charge in [-0.1, -0.05) is 42.0 Å². The van der Waals surface area contributed by atoms with Crippen LogP contribution in [0, 0.1) is 6.92 Å². The van der Waals surface area contributed by atoms with Crippen LogP contribution in [0.3, 0.4) is 0 Å². The van der Waals surface area contributed by atoms with Crippen molar-refractivity contribution in [2.45, 2.75) is 24.4 Å². The molecule has 0 aliphatic heterocycles. The Labute approximate surface area is 137 Å². The van der Waals surface area contributed by atoms with Crippen molar-refractivity contribution in [2.24, 2.45) is 0 Å². The third-order valence-corrected chi connectivity index (χ3v) is 4.18. The van der Waals surface area contributed by atoms with Crippen molar-refractivity contribution in [3.63, 3.8) is 0 Å². The Morgan fingerprint density at radius 3 is 2.39 bits per heavy atom. The summed E-state index contributed by atoms with van der Waals surface area (Å²) in [7, 11) is 0. The Morgan fingerprint density at radius 2 is 1.74 bits per heavy atom. The number of anilines is 1. The summed E-state index contributed by atoms with van der Waals surface area (Å²) in [5.74, 6) is -1.24. The number of carbonyl (C=O) groups excluding carboxylic acids is 1. The van der Waals surface area contributed by atoms with Crippen LogP contribution in [-0.2, 0) is 11.2 Å². The number of carbonyl (C=O) groups is 1. The van der Waals surface area contributed by atoms with Crippen LogP contribution < -0.4 is 5.32 Å². The number of hydrogen-bond acceptors (Lipinski definition) is 2. The number of aryl methyl sites for hydroxylation is 1. The molecule has 0 saturated heterocycles. The standard InChI is InChI=1S/C17H16F3NOS/c1-12-6-8-13(9-7-12)10-16(22)21-14-4-2-3-5-15(14)23-11-17(18,19)20/h2-9H,10-11H2,1H3,(H,21,22). The number of benzene rings is 2. The second-order valence-electron chi connectivity index (χ2n) is 5.11. The number of halogens is 3. The second kappa shape index (κ2) is 7.55. The fourth-order valence-electron chi connectivity index (χ4n) is 1.94. The second-order valence-corrected chi connectivity index (χ2v) is 6.13. The summed E-state index contributed by atoms with van der Waals surface area (Å²) in [6.07, 6.45) is -4.07. The monoisotopic (exact) mass is 339 g/mol. The average molecular weight is 339 g/mol. The Balaban J connectivity index is 2.01. The number of hydrogen-bond donors (Lipinski definition) is 1. The topological polar surface area (TPSA) is 29.1 Å². The van der Waals surface area contributed by atoms with Gasteiger partial charge in [0, 0.05) is 4.90 Å². The normalized spacial score (nSPS) is 11.3. The van der Waals surface area contributed by atoms with Crippen LogP contribution in [0.15, 0.2) is 53.4 Å². The SMILES string of the molecule is Cc1ccc(CC(=O)Nc2ccccc2SCC(F)(F)F)cc1. The van der Waals surface area contributed by atoms with Crippen molar-refractivity contribution in [1.82, 2.24) is 0 Å². The maximum Gasteiger partial charge on any atom is 0.398 e. The minimum absolute atomic E-state index is 0.179. The molecule has 0 radical (unpaired) electrons. The molecule has 2 aromatic rings. The third kappa shape index (κ3) is 5.98. The molecular weight excluding hydrogens is 323 g/mol. The van der Waals surface area contributed by atoms with E-state index >= 15 is 0 Å². The number of nitrogens with one attached hydrogen (secondary N) is 1. The van der Waals surface area contributed by atoms with Crippen molar-refractivity contribution in [1.29, 1.82) is 0 Å². The summed E-state index contributed by atoms with van der Waals surface area (Å²) in [5, 5.41) is 2.68. The van der Waals surface area contributed by atoms with Gasteiger partial charge in [0.15, 0.2) is 0 Å². The lowest BCUT2D eigenvalue weighted by atomic mass is 10.1. The molecule has 1 amide bonds. The highest BCUT2D eigenvalue weighted by Gasteiger charge is 2.27. The van der Waals surface area contributed by atoms with E-state index in [1.54, 1.807) is 24.3 Å². The van der Waals surface area contributed by atoms with E-state index in [9.17, 15) is 18.0 Å². The van der Waals surface area contributed by atoms with Crippen molar-refractivity contribution >= 4 is 23.4 Å². The summed E-state index contributed by atoms with van der Waals surface area (Å²) in [6.45, 7) is 1.96. The van der Waals surface area contributed by atoms with Crippen LogP contribution in [0.1, 0.15) is 11.1 Å². The van der Waals surface area contributed by atoms with E-state index in [1.807, 2.05) is 31.2 Å². The van der Waals surface area contributed by atoms with Crippen LogP contribution in [-0.4, -0.2) is 17.8 Å². The highest BCUT2D eigenvalue weighted by atomic mass is 32.2. The van der Waals surface area contributed by atoms with E-state index in [4.69, 9.17) is 0 Å². The maximum absolute atomic E-state index is 12.3. The van der Waals surface area contributed by atoms with Gasteiger partial charge in [-0.05, 0) is 24.6 Å². The molecule has 1 N–H and O–H groups in total. The zero-order valence-corrected chi connectivity index (χ0v) is 13.3. The quantitative estimate of drug-likeness (QED) is 0.791. The van der Waals surface area contributed by atoms with E-state index in [-0.39, 0.29) is 12.3 Å². The van der Waals surface area contributed by atoms with Gasteiger partial charge in [0.25, 0.3) is 0 Å². The van der Waals surface area contributed by atoms with Gasteiger partial charge in [-0.25, -0.2) is 0 Å². The molecule has 0 heterocycles. The molecule has 122 valence electrons. The molecule has 0 aliphatic rings. The van der Waals surface area contributed by atoms with Crippen molar-refractivity contribution in [3.8, 4) is 0 Å². The van der Waals surface area contributed by atoms with Crippen molar-refractivity contribution in [3.05, 3.63) is 59.7 Å². The Kier molecular flexibility index (Phi) is 5.71. The highest BCUT2D eigenvalue weighted by molar-refractivity contribution is 7.99. The van der Waals surface area contributed by atoms with Crippen molar-refractivity contribution < 1.29 is 18.0 Å². The summed E-state index contributed by atoms with van der Waals surface area (Å²) in [5.41, 5.74) is 2.36. The van der Waals surface area contributed by atoms with Gasteiger partial charge in [-0.2, -0.15) is 13.2 Å². The van der Waals surface area contributed by atoms with Crippen LogP contribution in [0.2, 0.25) is 0 Å². The van der Waals surface area contributed by atoms with E-state index in [0.717, 1.165) is 11.1 Å². The van der Waals surface area contributed by atoms with Gasteiger partial charge in [0.2, 0.25) is 5.91 Å². The number of thioether (sulfide) groups is 1. The van der Waals surface area contributed by atoms with Crippen LogP contribution in [0.25, 0.3) is 0 Å². The first-order valence-electron chi connectivity index (χ1n) is 6.97. The Hall–Kier alpha value is -1.95. The lowest BCUT2D eigenvalue weighted by Crippen LogP contribution is -2.15. The molecule has 0 bridgehead atoms. The molecular formula is C17H16F3NOS. The molecule has 0 unspecified atom stereocenters. The van der Waals surface area contributed by atoms with E-state index in [1.165, 1.54) is 0 Å². The van der Waals surface area contributed by atoms with E-state index in [2.05, 4.69) is 5.32 Å². The number of rotatable bonds is 5. The van der Waals surface area contributed by atoms with E-state index in [0.29, 0.717) is 22.3 Å². The molecule has 2 rings (SSSR count). The first-order valence-corrected chi connectivity index (χ1v) is 7.96. The number of amides is 1. The first-order chi connectivity index (χ1) is 10.8. The highest BCUT2D eigenvalue weighted by Crippen LogP contribution is 2.32. The van der Waals surface area contributed by atoms with Gasteiger partial charge >= 0.3 is 6.18 Å². The summed E-state index contributed by atoms with van der Waals surface area (Å²) >= 11 is 0.665. The lowest BCUT2D eigenvalue weighted by molar-refractivity contribution is -0.115. The maximum atomic E-state index is 12.3. The van der Waals surface area contributed by atoms with E-state index < -0.39 is 11.9 Å². The third-order valence-electron chi connectivity index (χ3n) is 3.04. The number of para-hydroxylation sites is 1. The zero-order chi connectivity index (χ0) is 16.9. The van der Waals surface area contributed by atoms with Gasteiger partial charge in [-0.3, -0.25) is 4.79 Å². The summed E-state index contributed by atoms with van der Waals surface area (Å²) < 4.78 is 37.0. The van der Waals surface area contributed by atoms with Gasteiger partial charge < -0.3 is 5.32 Å². The fraction of sp³-hybridized carbons (Fsp3) is 0.235. The molecule has 0 spiro atoms. The smallest absolute Gasteiger partial charge is 0.325 e. The lowest BCUT2D eigenvalue weighted by Gasteiger charge is -2.12. The van der Waals surface area contributed by atoms with Gasteiger partial charge in [0.1, 0.15) is 0 Å². The predicted molar refractivity (Wildman–Crippen MR) is 86.7 cm³/mol. The largest absolute Gasteiger partial charge is 0.398 e. The predicted octanol–water partition coefficient (Wildman–Crippen LogP) is 4.83. The Bertz CT molecular complexity index is 668. The van der Waals surface area contributed by atoms with Crippen LogP contribution >= 0.6 is 11.8 Å². The number of alkyl halides is 3. The summed E-state index contributed by atoms with van der Waals surface area (Å²) in [6, 6.07) is 14.0. The minimum atomic E-state index is -4.25. The molecule has 2 nitrogen and oxygen atoms in total. The molecule has 0 fully saturated rings. The van der Waals surface area contributed by atoms with Gasteiger partial charge in [0.05, 0.1) is 17.9 Å². The molecule has 2 aromatic carbocycles.